The predicted octanol–water partition coefficient (Wildman–Crippen LogP) is 2.48. The first-order chi connectivity index (χ1) is 14.1. The summed E-state index contributed by atoms with van der Waals surface area (Å²) in [7, 11) is 3.03. The van der Waals surface area contributed by atoms with Crippen molar-refractivity contribution in [3.05, 3.63) is 54.1 Å². The van der Waals surface area contributed by atoms with Gasteiger partial charge in [-0.1, -0.05) is 29.4 Å². The van der Waals surface area contributed by atoms with Gasteiger partial charge in [-0.25, -0.2) is 0 Å². The number of rotatable bonds is 8. The summed E-state index contributed by atoms with van der Waals surface area (Å²) in [6, 6.07) is 14.1. The van der Waals surface area contributed by atoms with Crippen LogP contribution in [0, 0.1) is 0 Å². The molecular formula is C20H19N3O6. The molecule has 0 saturated heterocycles. The monoisotopic (exact) mass is 397 g/mol. The molecule has 3 aromatic rings. The summed E-state index contributed by atoms with van der Waals surface area (Å²) >= 11 is 0. The Hall–Kier alpha value is -3.88. The van der Waals surface area contributed by atoms with Crippen LogP contribution in [0.4, 0.5) is 6.01 Å². The summed E-state index contributed by atoms with van der Waals surface area (Å²) in [6.45, 7) is -0.477. The van der Waals surface area contributed by atoms with Crippen molar-refractivity contribution in [2.24, 2.45) is 0 Å². The van der Waals surface area contributed by atoms with Gasteiger partial charge in [0.05, 0.1) is 20.6 Å². The molecule has 0 saturated carbocycles. The number of carbonyl (C=O) groups excluding carboxylic acids is 2. The van der Waals surface area contributed by atoms with Gasteiger partial charge in [0.25, 0.3) is 5.91 Å². The molecule has 1 aromatic heterocycles. The first-order valence-corrected chi connectivity index (χ1v) is 8.64. The summed E-state index contributed by atoms with van der Waals surface area (Å²) in [5.74, 6) is 0.169. The van der Waals surface area contributed by atoms with E-state index in [1.807, 2.05) is 18.2 Å². The van der Waals surface area contributed by atoms with Gasteiger partial charge in [-0.2, -0.15) is 0 Å². The topological polar surface area (TPSA) is 113 Å². The Morgan fingerprint density at radius 3 is 2.48 bits per heavy atom. The molecule has 9 nitrogen and oxygen atoms in total. The van der Waals surface area contributed by atoms with Crippen molar-refractivity contribution in [1.29, 1.82) is 0 Å². The van der Waals surface area contributed by atoms with Gasteiger partial charge in [0.1, 0.15) is 0 Å². The number of nitrogens with zero attached hydrogens (tertiary/aromatic N) is 2. The number of nitrogens with one attached hydrogen (secondary N) is 1. The van der Waals surface area contributed by atoms with Crippen LogP contribution in [-0.4, -0.2) is 42.9 Å². The first-order valence-electron chi connectivity index (χ1n) is 8.64. The quantitative estimate of drug-likeness (QED) is 0.577. The lowest BCUT2D eigenvalue weighted by molar-refractivity contribution is -0.146. The molecule has 1 amide bonds. The average Bonchev–Trinajstić information content (AvgIpc) is 3.21. The van der Waals surface area contributed by atoms with Gasteiger partial charge >= 0.3 is 12.0 Å². The lowest BCUT2D eigenvalue weighted by Crippen LogP contribution is -2.21. The molecule has 3 rings (SSSR count). The molecule has 9 heteroatoms. The molecule has 0 unspecified atom stereocenters. The molecule has 150 valence electrons. The zero-order valence-corrected chi connectivity index (χ0v) is 15.9. The number of benzene rings is 2. The minimum Gasteiger partial charge on any atom is -0.493 e. The SMILES string of the molecule is COc1ccc(CC(=O)OCC(=O)Nc2nnc(-c3ccccc3)o2)cc1OC. The number of carbonyl (C=O) groups is 2. The van der Waals surface area contributed by atoms with Crippen molar-refractivity contribution in [3.63, 3.8) is 0 Å². The highest BCUT2D eigenvalue weighted by Crippen LogP contribution is 2.27. The summed E-state index contributed by atoms with van der Waals surface area (Å²) in [5.41, 5.74) is 1.39. The van der Waals surface area contributed by atoms with Gasteiger partial charge in [-0.3, -0.25) is 14.9 Å². The van der Waals surface area contributed by atoms with Crippen LogP contribution in [0.25, 0.3) is 11.5 Å². The van der Waals surface area contributed by atoms with Crippen LogP contribution in [0.1, 0.15) is 5.56 Å². The highest BCUT2D eigenvalue weighted by molar-refractivity contribution is 5.91. The van der Waals surface area contributed by atoms with Crippen LogP contribution in [0.5, 0.6) is 11.5 Å². The lowest BCUT2D eigenvalue weighted by Gasteiger charge is -2.09. The van der Waals surface area contributed by atoms with Crippen LogP contribution < -0.4 is 14.8 Å². The van der Waals surface area contributed by atoms with Crippen molar-refractivity contribution < 1.29 is 28.2 Å². The third kappa shape index (κ3) is 5.32. The summed E-state index contributed by atoms with van der Waals surface area (Å²) in [5, 5.41) is 10.00. The number of methoxy groups -OCH3 is 2. The maximum Gasteiger partial charge on any atom is 0.322 e. The van der Waals surface area contributed by atoms with Crippen molar-refractivity contribution in [2.45, 2.75) is 6.42 Å². The van der Waals surface area contributed by atoms with Gasteiger partial charge in [0.15, 0.2) is 18.1 Å². The van der Waals surface area contributed by atoms with Crippen LogP contribution in [-0.2, 0) is 20.7 Å². The number of ether oxygens (including phenoxy) is 3. The summed E-state index contributed by atoms with van der Waals surface area (Å²) in [6.07, 6.45) is -0.0215. The Morgan fingerprint density at radius 1 is 1.00 bits per heavy atom. The minimum absolute atomic E-state index is 0.0215. The summed E-state index contributed by atoms with van der Waals surface area (Å²) in [4.78, 5) is 23.9. The number of hydrogen-bond acceptors (Lipinski definition) is 8. The maximum atomic E-state index is 12.0. The Balaban J connectivity index is 1.49. The molecule has 0 radical (unpaired) electrons. The van der Waals surface area contributed by atoms with E-state index >= 15 is 0 Å². The van der Waals surface area contributed by atoms with E-state index in [2.05, 4.69) is 15.5 Å². The zero-order chi connectivity index (χ0) is 20.6. The molecule has 1 heterocycles. The van der Waals surface area contributed by atoms with E-state index in [4.69, 9.17) is 18.6 Å². The van der Waals surface area contributed by atoms with Crippen LogP contribution in [0.15, 0.2) is 52.9 Å². The van der Waals surface area contributed by atoms with E-state index in [1.54, 1.807) is 30.3 Å². The molecule has 1 N–H and O–H groups in total. The largest absolute Gasteiger partial charge is 0.493 e. The van der Waals surface area contributed by atoms with Crippen LogP contribution in [0.2, 0.25) is 0 Å². The molecular weight excluding hydrogens is 378 g/mol. The molecule has 0 aliphatic heterocycles. The number of anilines is 1. The van der Waals surface area contributed by atoms with Gasteiger partial charge in [-0.15, -0.1) is 5.10 Å². The third-order valence-corrected chi connectivity index (χ3v) is 3.85. The zero-order valence-electron chi connectivity index (χ0n) is 15.9. The Bertz CT molecular complexity index is 987. The highest BCUT2D eigenvalue weighted by Gasteiger charge is 2.14. The van der Waals surface area contributed by atoms with Crippen molar-refractivity contribution >= 4 is 17.9 Å². The Labute approximate surface area is 166 Å². The molecule has 0 aliphatic rings. The second-order valence-electron chi connectivity index (χ2n) is 5.85. The molecule has 29 heavy (non-hydrogen) atoms. The molecule has 0 fully saturated rings. The van der Waals surface area contributed by atoms with Gasteiger partial charge < -0.3 is 18.6 Å². The Kier molecular flexibility index (Phi) is 6.41. The number of amides is 1. The highest BCUT2D eigenvalue weighted by atomic mass is 16.5. The average molecular weight is 397 g/mol. The van der Waals surface area contributed by atoms with E-state index in [-0.39, 0.29) is 18.3 Å². The van der Waals surface area contributed by atoms with Gasteiger partial charge in [0, 0.05) is 5.56 Å². The normalized spacial score (nSPS) is 10.3. The number of esters is 1. The Morgan fingerprint density at radius 2 is 1.76 bits per heavy atom. The van der Waals surface area contributed by atoms with E-state index in [9.17, 15) is 9.59 Å². The third-order valence-electron chi connectivity index (χ3n) is 3.85. The molecule has 0 bridgehead atoms. The van der Waals surface area contributed by atoms with Crippen molar-refractivity contribution in [3.8, 4) is 23.0 Å². The van der Waals surface area contributed by atoms with E-state index < -0.39 is 18.5 Å². The standard InChI is InChI=1S/C20H19N3O6/c1-26-15-9-8-13(10-16(15)27-2)11-18(25)28-12-17(24)21-20-23-22-19(29-20)14-6-4-3-5-7-14/h3-10H,11-12H2,1-2H3,(H,21,23,24). The summed E-state index contributed by atoms with van der Waals surface area (Å²) < 4.78 is 20.7. The maximum absolute atomic E-state index is 12.0. The predicted molar refractivity (Wildman–Crippen MR) is 103 cm³/mol. The lowest BCUT2D eigenvalue weighted by atomic mass is 10.1. The number of aromatic nitrogens is 2. The first kappa shape index (κ1) is 19.9. The fourth-order valence-corrected chi connectivity index (χ4v) is 2.48. The van der Waals surface area contributed by atoms with Crippen molar-refractivity contribution in [1.82, 2.24) is 10.2 Å². The van der Waals surface area contributed by atoms with E-state index in [1.165, 1.54) is 14.2 Å². The molecule has 0 spiro atoms. The second kappa shape index (κ2) is 9.36. The molecule has 0 aliphatic carbocycles. The van der Waals surface area contributed by atoms with E-state index in [0.717, 1.165) is 5.56 Å². The second-order valence-corrected chi connectivity index (χ2v) is 5.85. The smallest absolute Gasteiger partial charge is 0.322 e. The number of hydrogen-bond donors (Lipinski definition) is 1. The fraction of sp³-hybridized carbons (Fsp3) is 0.200. The fourth-order valence-electron chi connectivity index (χ4n) is 2.48. The minimum atomic E-state index is -0.589. The molecule has 2 aromatic carbocycles. The molecule has 0 atom stereocenters. The van der Waals surface area contributed by atoms with Gasteiger partial charge in [0.2, 0.25) is 5.89 Å². The van der Waals surface area contributed by atoms with Crippen LogP contribution in [0.3, 0.4) is 0 Å². The van der Waals surface area contributed by atoms with E-state index in [0.29, 0.717) is 17.1 Å². The van der Waals surface area contributed by atoms with Gasteiger partial charge in [-0.05, 0) is 29.8 Å². The van der Waals surface area contributed by atoms with Crippen molar-refractivity contribution in [2.75, 3.05) is 26.1 Å². The van der Waals surface area contributed by atoms with Crippen LogP contribution >= 0.6 is 0 Å².